The monoisotopic (exact) mass is 329 g/mol. The Hall–Kier alpha value is -1.72. The molecule has 0 saturated carbocycles. The van der Waals surface area contributed by atoms with E-state index >= 15 is 0 Å². The van der Waals surface area contributed by atoms with Crippen molar-refractivity contribution in [1.29, 1.82) is 0 Å². The number of piperidine rings is 1. The molecule has 1 N–H and O–H groups in total. The number of likely N-dealkylation sites (tertiary alicyclic amines) is 1. The van der Waals surface area contributed by atoms with Crippen LogP contribution in [0.3, 0.4) is 0 Å². The summed E-state index contributed by atoms with van der Waals surface area (Å²) in [4.78, 5) is 9.95. The molecule has 24 heavy (non-hydrogen) atoms. The zero-order valence-corrected chi connectivity index (χ0v) is 13.9. The predicted octanol–water partition coefficient (Wildman–Crippen LogP) is 3.16. The highest BCUT2D eigenvalue weighted by Gasteiger charge is 2.42. The molecule has 3 heterocycles. The van der Waals surface area contributed by atoms with Gasteiger partial charge in [-0.25, -0.2) is 9.37 Å². The summed E-state index contributed by atoms with van der Waals surface area (Å²) in [6.07, 6.45) is 8.17. The number of imidazole rings is 1. The lowest BCUT2D eigenvalue weighted by Gasteiger charge is -2.38. The van der Waals surface area contributed by atoms with Gasteiger partial charge < -0.3 is 9.72 Å². The van der Waals surface area contributed by atoms with Gasteiger partial charge in [0.05, 0.1) is 19.3 Å². The Morgan fingerprint density at radius 2 is 2.21 bits per heavy atom. The Morgan fingerprint density at radius 3 is 2.96 bits per heavy atom. The van der Waals surface area contributed by atoms with Crippen molar-refractivity contribution in [3.05, 3.63) is 53.9 Å². The topological polar surface area (TPSA) is 41.2 Å². The van der Waals surface area contributed by atoms with Crippen LogP contribution in [-0.2, 0) is 17.7 Å². The zero-order valence-electron chi connectivity index (χ0n) is 13.9. The first-order valence-corrected chi connectivity index (χ1v) is 8.78. The molecular formula is C19H24FN3O. The van der Waals surface area contributed by atoms with Crippen LogP contribution in [0.4, 0.5) is 4.39 Å². The molecule has 1 aromatic carbocycles. The highest BCUT2D eigenvalue weighted by atomic mass is 19.1. The maximum atomic E-state index is 13.3. The van der Waals surface area contributed by atoms with Crippen molar-refractivity contribution in [3.8, 4) is 0 Å². The lowest BCUT2D eigenvalue weighted by atomic mass is 9.76. The average molecular weight is 329 g/mol. The van der Waals surface area contributed by atoms with Crippen molar-refractivity contribution in [1.82, 2.24) is 14.9 Å². The van der Waals surface area contributed by atoms with Gasteiger partial charge in [0.2, 0.25) is 0 Å². The van der Waals surface area contributed by atoms with Gasteiger partial charge in [0.1, 0.15) is 11.6 Å². The number of nitrogens with one attached hydrogen (secondary N) is 1. The Labute approximate surface area is 142 Å². The third-order valence-corrected chi connectivity index (χ3v) is 5.48. The van der Waals surface area contributed by atoms with Crippen LogP contribution >= 0.6 is 0 Å². The maximum absolute atomic E-state index is 13.3. The first-order valence-electron chi connectivity index (χ1n) is 8.78. The lowest BCUT2D eigenvalue weighted by Crippen LogP contribution is -2.40. The second-order valence-corrected chi connectivity index (χ2v) is 7.28. The van der Waals surface area contributed by atoms with Crippen molar-refractivity contribution in [2.75, 3.05) is 19.7 Å². The van der Waals surface area contributed by atoms with Crippen LogP contribution in [0.2, 0.25) is 0 Å². The molecule has 2 aliphatic rings. The Balaban J connectivity index is 1.30. The Bertz CT molecular complexity index is 665. The Kier molecular flexibility index (Phi) is 4.37. The van der Waals surface area contributed by atoms with Crippen LogP contribution in [0, 0.1) is 11.2 Å². The third kappa shape index (κ3) is 3.52. The van der Waals surface area contributed by atoms with Gasteiger partial charge in [-0.2, -0.15) is 0 Å². The molecule has 1 aromatic heterocycles. The molecule has 5 heteroatoms. The van der Waals surface area contributed by atoms with E-state index in [1.165, 1.54) is 18.9 Å². The van der Waals surface area contributed by atoms with Crippen molar-refractivity contribution in [2.24, 2.45) is 5.41 Å². The van der Waals surface area contributed by atoms with Crippen LogP contribution in [0.15, 0.2) is 36.7 Å². The van der Waals surface area contributed by atoms with Gasteiger partial charge in [-0.15, -0.1) is 0 Å². The van der Waals surface area contributed by atoms with Crippen molar-refractivity contribution >= 4 is 0 Å². The highest BCUT2D eigenvalue weighted by molar-refractivity contribution is 5.17. The largest absolute Gasteiger partial charge is 0.377 e. The summed E-state index contributed by atoms with van der Waals surface area (Å²) >= 11 is 0. The first-order chi connectivity index (χ1) is 11.7. The number of hydrogen-bond donors (Lipinski definition) is 1. The molecule has 4 rings (SSSR count). The zero-order chi connectivity index (χ0) is 16.4. The summed E-state index contributed by atoms with van der Waals surface area (Å²) in [6, 6.07) is 6.89. The fourth-order valence-electron chi connectivity index (χ4n) is 4.08. The third-order valence-electron chi connectivity index (χ3n) is 5.48. The minimum atomic E-state index is -0.161. The van der Waals surface area contributed by atoms with E-state index in [1.54, 1.807) is 12.1 Å². The fourth-order valence-corrected chi connectivity index (χ4v) is 4.08. The van der Waals surface area contributed by atoms with Gasteiger partial charge in [0.25, 0.3) is 0 Å². The smallest absolute Gasteiger partial charge is 0.123 e. The normalized spacial score (nSPS) is 23.8. The van der Waals surface area contributed by atoms with Gasteiger partial charge in [0.15, 0.2) is 0 Å². The number of halogens is 1. The van der Waals surface area contributed by atoms with Crippen LogP contribution < -0.4 is 0 Å². The van der Waals surface area contributed by atoms with E-state index in [9.17, 15) is 4.39 Å². The first kappa shape index (κ1) is 15.8. The predicted molar refractivity (Wildman–Crippen MR) is 90.0 cm³/mol. The number of ether oxygens (including phenoxy) is 1. The SMILES string of the molecule is Fc1cccc(CC2CC3(CCN(Cc4ncc[nH]4)CC3)CO2)c1. The molecule has 2 aromatic rings. The molecule has 4 nitrogen and oxygen atoms in total. The minimum Gasteiger partial charge on any atom is -0.377 e. The standard InChI is InChI=1S/C19H24FN3O/c20-16-3-1-2-15(10-16)11-17-12-19(14-24-17)4-8-23(9-5-19)13-18-21-6-7-22-18/h1-3,6-7,10,17H,4-5,8-9,11-14H2,(H,21,22). The quantitative estimate of drug-likeness (QED) is 0.937. The van der Waals surface area contributed by atoms with E-state index in [0.717, 1.165) is 50.5 Å². The summed E-state index contributed by atoms with van der Waals surface area (Å²) < 4.78 is 19.4. The highest BCUT2D eigenvalue weighted by Crippen LogP contribution is 2.42. The number of aromatic nitrogens is 2. The summed E-state index contributed by atoms with van der Waals surface area (Å²) in [6.45, 7) is 3.94. The average Bonchev–Trinajstić information content (AvgIpc) is 3.21. The molecule has 1 unspecified atom stereocenters. The van der Waals surface area contributed by atoms with Gasteiger partial charge in [-0.1, -0.05) is 12.1 Å². The van der Waals surface area contributed by atoms with E-state index in [1.807, 2.05) is 18.5 Å². The molecule has 0 radical (unpaired) electrons. The number of rotatable bonds is 4. The fraction of sp³-hybridized carbons (Fsp3) is 0.526. The van der Waals surface area contributed by atoms with Gasteiger partial charge >= 0.3 is 0 Å². The van der Waals surface area contributed by atoms with Gasteiger partial charge in [-0.3, -0.25) is 4.90 Å². The van der Waals surface area contributed by atoms with Gasteiger partial charge in [0, 0.05) is 12.4 Å². The van der Waals surface area contributed by atoms with E-state index < -0.39 is 0 Å². The van der Waals surface area contributed by atoms with Crippen molar-refractivity contribution in [3.63, 3.8) is 0 Å². The second-order valence-electron chi connectivity index (χ2n) is 7.28. The van der Waals surface area contributed by atoms with Crippen LogP contribution in [-0.4, -0.2) is 40.7 Å². The molecule has 1 atom stereocenters. The molecule has 0 aliphatic carbocycles. The second kappa shape index (κ2) is 6.65. The van der Waals surface area contributed by atoms with Crippen LogP contribution in [0.5, 0.6) is 0 Å². The molecule has 2 saturated heterocycles. The molecule has 128 valence electrons. The van der Waals surface area contributed by atoms with Crippen LogP contribution in [0.1, 0.15) is 30.7 Å². The Morgan fingerprint density at radius 1 is 1.33 bits per heavy atom. The van der Waals surface area contributed by atoms with Gasteiger partial charge in [-0.05, 0) is 61.9 Å². The van der Waals surface area contributed by atoms with E-state index in [4.69, 9.17) is 4.74 Å². The molecule has 2 aliphatic heterocycles. The molecule has 0 bridgehead atoms. The summed E-state index contributed by atoms with van der Waals surface area (Å²) in [7, 11) is 0. The number of nitrogens with zero attached hydrogens (tertiary/aromatic N) is 2. The van der Waals surface area contributed by atoms with Crippen molar-refractivity contribution < 1.29 is 9.13 Å². The summed E-state index contributed by atoms with van der Waals surface area (Å²) in [5, 5.41) is 0. The number of aromatic amines is 1. The molecule has 1 spiro atoms. The molecule has 2 fully saturated rings. The minimum absolute atomic E-state index is 0.161. The molecule has 0 amide bonds. The summed E-state index contributed by atoms with van der Waals surface area (Å²) in [5.41, 5.74) is 1.35. The number of hydrogen-bond acceptors (Lipinski definition) is 3. The number of benzene rings is 1. The van der Waals surface area contributed by atoms with Crippen LogP contribution in [0.25, 0.3) is 0 Å². The molecular weight excluding hydrogens is 305 g/mol. The van der Waals surface area contributed by atoms with Crippen molar-refractivity contribution in [2.45, 2.75) is 38.3 Å². The van der Waals surface area contributed by atoms with E-state index in [0.29, 0.717) is 5.41 Å². The van der Waals surface area contributed by atoms with E-state index in [-0.39, 0.29) is 11.9 Å². The maximum Gasteiger partial charge on any atom is 0.123 e. The van der Waals surface area contributed by atoms with E-state index in [2.05, 4.69) is 14.9 Å². The number of H-pyrrole nitrogens is 1. The lowest BCUT2D eigenvalue weighted by molar-refractivity contribution is 0.0625. The summed E-state index contributed by atoms with van der Waals surface area (Å²) in [5.74, 6) is 0.879.